The third-order valence-electron chi connectivity index (χ3n) is 1.93. The molecule has 0 saturated carbocycles. The van der Waals surface area contributed by atoms with Gasteiger partial charge in [-0.2, -0.15) is 5.10 Å². The van der Waals surface area contributed by atoms with Crippen molar-refractivity contribution in [2.45, 2.75) is 25.8 Å². The highest BCUT2D eigenvalue weighted by atomic mass is 32.1. The van der Waals surface area contributed by atoms with Crippen LogP contribution in [0.25, 0.3) is 0 Å². The van der Waals surface area contributed by atoms with Gasteiger partial charge in [-0.1, -0.05) is 0 Å². The summed E-state index contributed by atoms with van der Waals surface area (Å²) in [6, 6.07) is 0. The summed E-state index contributed by atoms with van der Waals surface area (Å²) in [6.07, 6.45) is 2.32. The minimum atomic E-state index is -0.168. The molecule has 0 radical (unpaired) electrons. The minimum absolute atomic E-state index is 0.153. The molecule has 1 aromatic heterocycles. The summed E-state index contributed by atoms with van der Waals surface area (Å²) >= 11 is 5.01. The molecular weight excluding hydrogens is 174 g/mol. The summed E-state index contributed by atoms with van der Waals surface area (Å²) in [5.74, 6) is 0. The third-order valence-corrected chi connectivity index (χ3v) is 2.22. The predicted octanol–water partition coefficient (Wildman–Crippen LogP) is 1.06. The Morgan fingerprint density at radius 3 is 2.83 bits per heavy atom. The summed E-state index contributed by atoms with van der Waals surface area (Å²) in [6.45, 7) is 4.17. The Labute approximate surface area is 76.2 Å². The highest BCUT2D eigenvalue weighted by molar-refractivity contribution is 7.71. The maximum atomic E-state index is 8.81. The van der Waals surface area contributed by atoms with Gasteiger partial charge in [0.05, 0.1) is 0 Å². The van der Waals surface area contributed by atoms with E-state index in [0.717, 1.165) is 0 Å². The first-order valence-corrected chi connectivity index (χ1v) is 4.22. The first-order valence-electron chi connectivity index (χ1n) is 3.81. The normalized spacial score (nSPS) is 11.9. The third kappa shape index (κ3) is 1.73. The van der Waals surface area contributed by atoms with E-state index in [0.29, 0.717) is 11.2 Å². The van der Waals surface area contributed by atoms with Gasteiger partial charge in [-0.3, -0.25) is 5.10 Å². The van der Waals surface area contributed by atoms with Crippen LogP contribution in [-0.2, 0) is 5.54 Å². The summed E-state index contributed by atoms with van der Waals surface area (Å²) in [5.41, 5.74) is -0.168. The van der Waals surface area contributed by atoms with Crippen LogP contribution in [0.15, 0.2) is 6.33 Å². The van der Waals surface area contributed by atoms with E-state index in [1.165, 1.54) is 0 Å². The van der Waals surface area contributed by atoms with Crippen molar-refractivity contribution in [3.8, 4) is 0 Å². The number of aromatic nitrogens is 3. The van der Waals surface area contributed by atoms with E-state index in [1.807, 2.05) is 18.4 Å². The van der Waals surface area contributed by atoms with Gasteiger partial charge in [0, 0.05) is 12.1 Å². The fraction of sp³-hybridized carbons (Fsp3) is 0.714. The van der Waals surface area contributed by atoms with E-state index in [1.54, 1.807) is 6.33 Å². The van der Waals surface area contributed by atoms with Gasteiger partial charge >= 0.3 is 0 Å². The first-order chi connectivity index (χ1) is 5.58. The second-order valence-electron chi connectivity index (χ2n) is 3.32. The second kappa shape index (κ2) is 3.37. The van der Waals surface area contributed by atoms with Gasteiger partial charge in [0.25, 0.3) is 0 Å². The van der Waals surface area contributed by atoms with E-state index < -0.39 is 0 Å². The van der Waals surface area contributed by atoms with Gasteiger partial charge in [0.1, 0.15) is 6.33 Å². The molecule has 1 heterocycles. The van der Waals surface area contributed by atoms with Crippen LogP contribution in [0.2, 0.25) is 0 Å². The molecule has 2 N–H and O–H groups in total. The van der Waals surface area contributed by atoms with Crippen molar-refractivity contribution in [1.29, 1.82) is 0 Å². The Balaban J connectivity index is 2.96. The van der Waals surface area contributed by atoms with E-state index in [2.05, 4.69) is 10.2 Å². The Bertz CT molecular complexity index is 302. The first kappa shape index (κ1) is 9.41. The van der Waals surface area contributed by atoms with Crippen molar-refractivity contribution in [1.82, 2.24) is 14.8 Å². The monoisotopic (exact) mass is 187 g/mol. The van der Waals surface area contributed by atoms with Crippen molar-refractivity contribution < 1.29 is 5.11 Å². The minimum Gasteiger partial charge on any atom is -0.396 e. The van der Waals surface area contributed by atoms with Crippen LogP contribution < -0.4 is 0 Å². The van der Waals surface area contributed by atoms with Crippen LogP contribution in [0.5, 0.6) is 0 Å². The lowest BCUT2D eigenvalue weighted by Crippen LogP contribution is -2.26. The molecule has 1 aromatic rings. The highest BCUT2D eigenvalue weighted by Gasteiger charge is 2.19. The van der Waals surface area contributed by atoms with Crippen molar-refractivity contribution >= 4 is 12.2 Å². The molecule has 0 fully saturated rings. The molecule has 5 heteroatoms. The van der Waals surface area contributed by atoms with Crippen molar-refractivity contribution in [2.24, 2.45) is 0 Å². The number of H-pyrrole nitrogens is 1. The number of hydrogen-bond donors (Lipinski definition) is 2. The molecule has 0 bridgehead atoms. The van der Waals surface area contributed by atoms with Crippen LogP contribution in [-0.4, -0.2) is 26.5 Å². The van der Waals surface area contributed by atoms with Crippen molar-refractivity contribution in [3.63, 3.8) is 0 Å². The number of aliphatic hydroxyl groups is 1. The van der Waals surface area contributed by atoms with E-state index >= 15 is 0 Å². The lowest BCUT2D eigenvalue weighted by Gasteiger charge is -2.24. The number of nitrogens with zero attached hydrogens (tertiary/aromatic N) is 2. The predicted molar refractivity (Wildman–Crippen MR) is 48.4 cm³/mol. The summed E-state index contributed by atoms with van der Waals surface area (Å²) < 4.78 is 2.44. The topological polar surface area (TPSA) is 53.8 Å². The van der Waals surface area contributed by atoms with Crippen molar-refractivity contribution in [2.75, 3.05) is 6.61 Å². The zero-order chi connectivity index (χ0) is 9.19. The largest absolute Gasteiger partial charge is 0.396 e. The van der Waals surface area contributed by atoms with Gasteiger partial charge < -0.3 is 9.67 Å². The highest BCUT2D eigenvalue weighted by Crippen LogP contribution is 2.18. The SMILES string of the molecule is CC(C)(CCO)n1cn[nH]c1=S. The van der Waals surface area contributed by atoms with E-state index in [-0.39, 0.29) is 12.1 Å². The number of hydrogen-bond acceptors (Lipinski definition) is 3. The zero-order valence-electron chi connectivity index (χ0n) is 7.24. The molecule has 0 spiro atoms. The maximum absolute atomic E-state index is 8.81. The summed E-state index contributed by atoms with van der Waals surface area (Å²) in [5, 5.41) is 15.3. The smallest absolute Gasteiger partial charge is 0.195 e. The van der Waals surface area contributed by atoms with E-state index in [9.17, 15) is 0 Å². The van der Waals surface area contributed by atoms with Crippen molar-refractivity contribution in [3.05, 3.63) is 11.1 Å². The fourth-order valence-corrected chi connectivity index (χ4v) is 1.42. The van der Waals surface area contributed by atoms with Crippen LogP contribution in [0.4, 0.5) is 0 Å². The fourth-order valence-electron chi connectivity index (χ4n) is 1.07. The molecule has 0 unspecified atom stereocenters. The molecule has 0 aliphatic heterocycles. The Hall–Kier alpha value is -0.680. The van der Waals surface area contributed by atoms with Gasteiger partial charge in [-0.05, 0) is 32.5 Å². The number of nitrogens with one attached hydrogen (secondary N) is 1. The molecule has 12 heavy (non-hydrogen) atoms. The molecule has 0 aliphatic rings. The van der Waals surface area contributed by atoms with Crippen LogP contribution >= 0.6 is 12.2 Å². The summed E-state index contributed by atoms with van der Waals surface area (Å²) in [7, 11) is 0. The average molecular weight is 187 g/mol. The Kier molecular flexibility index (Phi) is 2.64. The van der Waals surface area contributed by atoms with Crippen LogP contribution in [0, 0.1) is 4.77 Å². The summed E-state index contributed by atoms with van der Waals surface area (Å²) in [4.78, 5) is 0. The molecule has 0 aromatic carbocycles. The van der Waals surface area contributed by atoms with Gasteiger partial charge in [-0.25, -0.2) is 0 Å². The Morgan fingerprint density at radius 1 is 1.75 bits per heavy atom. The maximum Gasteiger partial charge on any atom is 0.195 e. The molecular formula is C7H13N3OS. The second-order valence-corrected chi connectivity index (χ2v) is 3.70. The quantitative estimate of drug-likeness (QED) is 0.696. The number of aromatic amines is 1. The molecule has 0 saturated heterocycles. The van der Waals surface area contributed by atoms with E-state index in [4.69, 9.17) is 17.3 Å². The lowest BCUT2D eigenvalue weighted by atomic mass is 10.0. The van der Waals surface area contributed by atoms with Gasteiger partial charge in [0.15, 0.2) is 4.77 Å². The average Bonchev–Trinajstić information content (AvgIpc) is 2.35. The molecule has 4 nitrogen and oxygen atoms in total. The molecule has 0 atom stereocenters. The molecule has 1 rings (SSSR count). The van der Waals surface area contributed by atoms with Gasteiger partial charge in [-0.15, -0.1) is 0 Å². The lowest BCUT2D eigenvalue weighted by molar-refractivity contribution is 0.211. The number of aliphatic hydroxyl groups excluding tert-OH is 1. The van der Waals surface area contributed by atoms with Crippen LogP contribution in [0.1, 0.15) is 20.3 Å². The molecule has 0 amide bonds. The van der Waals surface area contributed by atoms with Gasteiger partial charge in [0.2, 0.25) is 0 Å². The zero-order valence-corrected chi connectivity index (χ0v) is 8.06. The van der Waals surface area contributed by atoms with Crippen LogP contribution in [0.3, 0.4) is 0 Å². The Morgan fingerprint density at radius 2 is 2.42 bits per heavy atom. The molecule has 0 aliphatic carbocycles. The molecule has 68 valence electrons. The standard InChI is InChI=1S/C7H13N3OS/c1-7(2,3-4-11)10-5-8-9-6(10)12/h5,11H,3-4H2,1-2H3,(H,9,12). The number of rotatable bonds is 3.